The summed E-state index contributed by atoms with van der Waals surface area (Å²) in [6, 6.07) is 11.5. The zero-order valence-corrected chi connectivity index (χ0v) is 15.3. The van der Waals surface area contributed by atoms with Crippen LogP contribution in [-0.2, 0) is 13.1 Å². The quantitative estimate of drug-likeness (QED) is 0.660. The van der Waals surface area contributed by atoms with E-state index < -0.39 is 0 Å². The Kier molecular flexibility index (Phi) is 3.29. The molecular formula is C22H25N3. The molecule has 128 valence electrons. The normalized spacial score (nSPS) is 23.0. The van der Waals surface area contributed by atoms with Crippen LogP contribution in [0, 0.1) is 13.8 Å². The number of nitrogens with zero attached hydrogens (tertiary/aromatic N) is 3. The Morgan fingerprint density at radius 2 is 1.96 bits per heavy atom. The molecule has 0 radical (unpaired) electrons. The van der Waals surface area contributed by atoms with Crippen LogP contribution in [0.4, 0.5) is 0 Å². The van der Waals surface area contributed by atoms with Crippen molar-refractivity contribution < 1.29 is 0 Å². The Balaban J connectivity index is 1.72. The summed E-state index contributed by atoms with van der Waals surface area (Å²) in [5.41, 5.74) is 8.55. The zero-order chi connectivity index (χ0) is 17.1. The summed E-state index contributed by atoms with van der Waals surface area (Å²) in [5.74, 6) is 1.18. The molecule has 25 heavy (non-hydrogen) atoms. The Labute approximate surface area is 149 Å². The first-order chi connectivity index (χ1) is 12.1. The standard InChI is InChI=1S/C22H25N3/c1-14-4-5-21-18(10-14)20-13-24(3)12-19-17(7-9-25(21)22(19)20)16-6-8-23-15(2)11-16/h4-6,8,10-11,17,19H,7,9,12-13H2,1-3H3. The van der Waals surface area contributed by atoms with E-state index in [4.69, 9.17) is 0 Å². The van der Waals surface area contributed by atoms with E-state index in [0.29, 0.717) is 11.8 Å². The molecule has 0 aliphatic carbocycles. The van der Waals surface area contributed by atoms with Gasteiger partial charge >= 0.3 is 0 Å². The molecule has 3 heteroatoms. The molecule has 5 rings (SSSR count). The van der Waals surface area contributed by atoms with Gasteiger partial charge in [0, 0.05) is 54.0 Å². The van der Waals surface area contributed by atoms with Crippen LogP contribution in [0.5, 0.6) is 0 Å². The Morgan fingerprint density at radius 3 is 2.80 bits per heavy atom. The van der Waals surface area contributed by atoms with E-state index in [9.17, 15) is 0 Å². The van der Waals surface area contributed by atoms with Crippen LogP contribution in [0.25, 0.3) is 10.9 Å². The van der Waals surface area contributed by atoms with Crippen LogP contribution in [0.15, 0.2) is 36.5 Å². The van der Waals surface area contributed by atoms with E-state index in [-0.39, 0.29) is 0 Å². The van der Waals surface area contributed by atoms with E-state index in [1.165, 1.54) is 28.5 Å². The van der Waals surface area contributed by atoms with Gasteiger partial charge in [0.2, 0.25) is 0 Å². The highest BCUT2D eigenvalue weighted by atomic mass is 15.1. The first-order valence-corrected chi connectivity index (χ1v) is 9.34. The third kappa shape index (κ3) is 2.26. The third-order valence-electron chi connectivity index (χ3n) is 6.15. The summed E-state index contributed by atoms with van der Waals surface area (Å²) in [5, 5.41) is 1.47. The molecule has 0 N–H and O–H groups in total. The first kappa shape index (κ1) is 15.2. The van der Waals surface area contributed by atoms with Gasteiger partial charge in [0.25, 0.3) is 0 Å². The molecule has 2 atom stereocenters. The number of rotatable bonds is 1. The summed E-state index contributed by atoms with van der Waals surface area (Å²) in [4.78, 5) is 6.91. The summed E-state index contributed by atoms with van der Waals surface area (Å²) in [6.45, 7) is 7.65. The van der Waals surface area contributed by atoms with Crippen molar-refractivity contribution in [1.82, 2.24) is 14.5 Å². The molecular weight excluding hydrogens is 306 g/mol. The van der Waals surface area contributed by atoms with Crippen LogP contribution in [0.2, 0.25) is 0 Å². The zero-order valence-electron chi connectivity index (χ0n) is 15.3. The SMILES string of the molecule is Cc1ccc2c(c1)c1c3n2CCC(c2ccnc(C)c2)C3CN(C)C1. The van der Waals surface area contributed by atoms with Crippen molar-refractivity contribution in [3.05, 3.63) is 64.6 Å². The summed E-state index contributed by atoms with van der Waals surface area (Å²) in [6.07, 6.45) is 3.19. The van der Waals surface area contributed by atoms with Crippen LogP contribution >= 0.6 is 0 Å². The van der Waals surface area contributed by atoms with Crippen LogP contribution < -0.4 is 0 Å². The molecule has 3 nitrogen and oxygen atoms in total. The van der Waals surface area contributed by atoms with E-state index in [1.807, 2.05) is 6.20 Å². The number of pyridine rings is 1. The highest BCUT2D eigenvalue weighted by Crippen LogP contribution is 2.47. The summed E-state index contributed by atoms with van der Waals surface area (Å²) in [7, 11) is 2.27. The molecule has 2 aliphatic rings. The molecule has 0 amide bonds. The van der Waals surface area contributed by atoms with Gasteiger partial charge in [-0.3, -0.25) is 4.98 Å². The molecule has 1 aromatic carbocycles. The second-order valence-electron chi connectivity index (χ2n) is 7.97. The second-order valence-corrected chi connectivity index (χ2v) is 7.97. The van der Waals surface area contributed by atoms with Crippen molar-refractivity contribution in [3.8, 4) is 0 Å². The van der Waals surface area contributed by atoms with Gasteiger partial charge in [0.15, 0.2) is 0 Å². The molecule has 0 fully saturated rings. The topological polar surface area (TPSA) is 21.1 Å². The summed E-state index contributed by atoms with van der Waals surface area (Å²) < 4.78 is 2.62. The average molecular weight is 331 g/mol. The lowest BCUT2D eigenvalue weighted by molar-refractivity contribution is 0.236. The van der Waals surface area contributed by atoms with Crippen LogP contribution in [0.3, 0.4) is 0 Å². The van der Waals surface area contributed by atoms with Gasteiger partial charge in [-0.1, -0.05) is 11.6 Å². The average Bonchev–Trinajstić information content (AvgIpc) is 2.89. The molecule has 0 saturated carbocycles. The maximum absolute atomic E-state index is 4.41. The fraction of sp³-hybridized carbons (Fsp3) is 0.409. The van der Waals surface area contributed by atoms with Crippen LogP contribution in [0.1, 0.15) is 46.3 Å². The molecule has 0 spiro atoms. The number of benzene rings is 1. The van der Waals surface area contributed by atoms with Crippen molar-refractivity contribution in [1.29, 1.82) is 0 Å². The van der Waals surface area contributed by atoms with Crippen molar-refractivity contribution in [2.75, 3.05) is 13.6 Å². The Bertz CT molecular complexity index is 969. The van der Waals surface area contributed by atoms with Gasteiger partial charge in [-0.25, -0.2) is 0 Å². The van der Waals surface area contributed by atoms with E-state index >= 15 is 0 Å². The lowest BCUT2D eigenvalue weighted by Gasteiger charge is -2.40. The fourth-order valence-corrected chi connectivity index (χ4v) is 5.13. The van der Waals surface area contributed by atoms with Gasteiger partial charge in [-0.15, -0.1) is 0 Å². The number of aryl methyl sites for hydroxylation is 3. The van der Waals surface area contributed by atoms with Crippen molar-refractivity contribution >= 4 is 10.9 Å². The van der Waals surface area contributed by atoms with Gasteiger partial charge in [-0.05, 0) is 68.6 Å². The number of likely N-dealkylation sites (N-methyl/N-ethyl adjacent to an activating group) is 1. The Morgan fingerprint density at radius 1 is 1.08 bits per heavy atom. The maximum Gasteiger partial charge on any atom is 0.0486 e. The number of fused-ring (bicyclic) bond motifs is 3. The smallest absolute Gasteiger partial charge is 0.0486 e. The monoisotopic (exact) mass is 331 g/mol. The van der Waals surface area contributed by atoms with Crippen molar-refractivity contribution in [2.24, 2.45) is 0 Å². The van der Waals surface area contributed by atoms with Gasteiger partial charge in [0.1, 0.15) is 0 Å². The molecule has 2 unspecified atom stereocenters. The minimum atomic E-state index is 0.581. The molecule has 4 heterocycles. The third-order valence-corrected chi connectivity index (χ3v) is 6.15. The Hall–Kier alpha value is -2.13. The maximum atomic E-state index is 4.41. The van der Waals surface area contributed by atoms with E-state index in [2.05, 4.69) is 65.7 Å². The number of hydrogen-bond acceptors (Lipinski definition) is 2. The van der Waals surface area contributed by atoms with Crippen LogP contribution in [-0.4, -0.2) is 28.0 Å². The van der Waals surface area contributed by atoms with Gasteiger partial charge in [0.05, 0.1) is 0 Å². The fourth-order valence-electron chi connectivity index (χ4n) is 5.13. The molecule has 0 saturated heterocycles. The second kappa shape index (κ2) is 5.43. The number of hydrogen-bond donors (Lipinski definition) is 0. The summed E-state index contributed by atoms with van der Waals surface area (Å²) >= 11 is 0. The highest BCUT2D eigenvalue weighted by Gasteiger charge is 2.38. The largest absolute Gasteiger partial charge is 0.344 e. The van der Waals surface area contributed by atoms with Crippen molar-refractivity contribution in [2.45, 2.75) is 45.2 Å². The first-order valence-electron chi connectivity index (χ1n) is 9.34. The van der Waals surface area contributed by atoms with Crippen molar-refractivity contribution in [3.63, 3.8) is 0 Å². The predicted molar refractivity (Wildman–Crippen MR) is 102 cm³/mol. The highest BCUT2D eigenvalue weighted by molar-refractivity contribution is 5.87. The lowest BCUT2D eigenvalue weighted by atomic mass is 9.76. The minimum absolute atomic E-state index is 0.581. The van der Waals surface area contributed by atoms with Gasteiger partial charge in [-0.2, -0.15) is 0 Å². The molecule has 2 aromatic heterocycles. The molecule has 0 bridgehead atoms. The molecule has 3 aromatic rings. The number of aromatic nitrogens is 2. The van der Waals surface area contributed by atoms with E-state index in [1.54, 1.807) is 11.3 Å². The molecule has 2 aliphatic heterocycles. The minimum Gasteiger partial charge on any atom is -0.344 e. The van der Waals surface area contributed by atoms with E-state index in [0.717, 1.165) is 25.3 Å². The predicted octanol–water partition coefficient (Wildman–Crippen LogP) is 4.37. The lowest BCUT2D eigenvalue weighted by Crippen LogP contribution is -2.37. The van der Waals surface area contributed by atoms with Gasteiger partial charge < -0.3 is 9.47 Å².